The summed E-state index contributed by atoms with van der Waals surface area (Å²) in [6.45, 7) is 3.65. The summed E-state index contributed by atoms with van der Waals surface area (Å²) in [6.07, 6.45) is 2.70. The quantitative estimate of drug-likeness (QED) is 0.539. The van der Waals surface area contributed by atoms with Gasteiger partial charge in [-0.05, 0) is 31.2 Å². The standard InChI is InChI=1S/C21H24FN7O4S/c1-14-12-33-10-9-28(14)19-11-17(13-34(2,31)32)23-20(26-19)29-8-7-18(27-29)25-21(30)24-16-5-3-15(22)4-6-16/h3-8,11,14H,9-10,12-13H2,1-2H3,(H2,24,25,27,30)/t14-/m0/s1. The molecule has 2 N–H and O–H groups in total. The van der Waals surface area contributed by atoms with Crippen molar-refractivity contribution in [1.29, 1.82) is 0 Å². The van der Waals surface area contributed by atoms with Crippen molar-refractivity contribution in [2.75, 3.05) is 41.5 Å². The Labute approximate surface area is 195 Å². The molecule has 4 rings (SSSR count). The van der Waals surface area contributed by atoms with E-state index in [1.54, 1.807) is 18.3 Å². The number of nitrogens with zero attached hydrogens (tertiary/aromatic N) is 5. The third-order valence-corrected chi connectivity index (χ3v) is 5.78. The summed E-state index contributed by atoms with van der Waals surface area (Å²) < 4.78 is 43.7. The highest BCUT2D eigenvalue weighted by Gasteiger charge is 2.23. The van der Waals surface area contributed by atoms with Crippen LogP contribution in [0.4, 0.5) is 26.5 Å². The summed E-state index contributed by atoms with van der Waals surface area (Å²) in [5.41, 5.74) is 0.750. The lowest BCUT2D eigenvalue weighted by atomic mass is 10.2. The van der Waals surface area contributed by atoms with Gasteiger partial charge in [-0.3, -0.25) is 5.32 Å². The number of carbonyl (C=O) groups is 1. The molecule has 0 spiro atoms. The average molecular weight is 490 g/mol. The van der Waals surface area contributed by atoms with Crippen LogP contribution in [0.2, 0.25) is 0 Å². The Hall–Kier alpha value is -3.58. The molecule has 0 unspecified atom stereocenters. The maximum absolute atomic E-state index is 13.0. The van der Waals surface area contributed by atoms with Gasteiger partial charge in [0, 0.05) is 36.8 Å². The number of aromatic nitrogens is 4. The molecular weight excluding hydrogens is 465 g/mol. The molecule has 3 aromatic rings. The zero-order valence-electron chi connectivity index (χ0n) is 18.6. The number of urea groups is 1. The van der Waals surface area contributed by atoms with Crippen LogP contribution in [0.3, 0.4) is 0 Å². The summed E-state index contributed by atoms with van der Waals surface area (Å²) in [5.74, 6) is 0.299. The van der Waals surface area contributed by atoms with E-state index in [2.05, 4.69) is 25.7 Å². The number of nitrogens with one attached hydrogen (secondary N) is 2. The first-order chi connectivity index (χ1) is 16.2. The molecule has 11 nitrogen and oxygen atoms in total. The number of benzene rings is 1. The van der Waals surface area contributed by atoms with E-state index in [0.717, 1.165) is 6.26 Å². The monoisotopic (exact) mass is 489 g/mol. The molecule has 1 aliphatic heterocycles. The molecule has 0 saturated carbocycles. The van der Waals surface area contributed by atoms with Crippen LogP contribution in [0.25, 0.3) is 5.95 Å². The minimum absolute atomic E-state index is 0.0487. The predicted molar refractivity (Wildman–Crippen MR) is 124 cm³/mol. The first-order valence-electron chi connectivity index (χ1n) is 10.5. The Bertz CT molecular complexity index is 1280. The van der Waals surface area contributed by atoms with Crippen LogP contribution in [0.5, 0.6) is 0 Å². The molecule has 13 heteroatoms. The number of carbonyl (C=O) groups excluding carboxylic acids is 1. The predicted octanol–water partition coefficient (Wildman–Crippen LogP) is 2.22. The van der Waals surface area contributed by atoms with Gasteiger partial charge in [0.15, 0.2) is 15.7 Å². The molecule has 3 heterocycles. The highest BCUT2D eigenvalue weighted by atomic mass is 32.2. The maximum atomic E-state index is 13.0. The highest BCUT2D eigenvalue weighted by molar-refractivity contribution is 7.89. The molecule has 0 bridgehead atoms. The normalized spacial score (nSPS) is 16.3. The van der Waals surface area contributed by atoms with E-state index in [1.807, 2.05) is 11.8 Å². The number of amides is 2. The summed E-state index contributed by atoms with van der Waals surface area (Å²) >= 11 is 0. The number of halogens is 1. The van der Waals surface area contributed by atoms with Crippen molar-refractivity contribution >= 4 is 33.2 Å². The molecule has 180 valence electrons. The van der Waals surface area contributed by atoms with Crippen molar-refractivity contribution in [2.24, 2.45) is 0 Å². The topological polar surface area (TPSA) is 131 Å². The Morgan fingerprint density at radius 2 is 1.97 bits per heavy atom. The summed E-state index contributed by atoms with van der Waals surface area (Å²) in [5, 5.41) is 9.44. The van der Waals surface area contributed by atoms with Crippen LogP contribution in [-0.2, 0) is 20.3 Å². The molecule has 34 heavy (non-hydrogen) atoms. The Morgan fingerprint density at radius 3 is 2.68 bits per heavy atom. The van der Waals surface area contributed by atoms with Crippen LogP contribution in [0, 0.1) is 5.82 Å². The van der Waals surface area contributed by atoms with E-state index in [4.69, 9.17) is 4.74 Å². The number of sulfone groups is 1. The third kappa shape index (κ3) is 6.05. The van der Waals surface area contributed by atoms with Gasteiger partial charge in [0.05, 0.1) is 30.7 Å². The summed E-state index contributed by atoms with van der Waals surface area (Å²) in [4.78, 5) is 23.2. The number of anilines is 3. The van der Waals surface area contributed by atoms with Crippen molar-refractivity contribution in [1.82, 2.24) is 19.7 Å². The number of rotatable bonds is 6. The molecule has 1 saturated heterocycles. The zero-order chi connectivity index (χ0) is 24.3. The first-order valence-corrected chi connectivity index (χ1v) is 12.5. The second-order valence-electron chi connectivity index (χ2n) is 7.94. The zero-order valence-corrected chi connectivity index (χ0v) is 19.4. The molecule has 2 aromatic heterocycles. The van der Waals surface area contributed by atoms with Crippen molar-refractivity contribution in [3.8, 4) is 5.95 Å². The molecule has 1 atom stereocenters. The van der Waals surface area contributed by atoms with Crippen LogP contribution in [0.15, 0.2) is 42.6 Å². The maximum Gasteiger partial charge on any atom is 0.324 e. The third-order valence-electron chi connectivity index (χ3n) is 4.96. The average Bonchev–Trinajstić information content (AvgIpc) is 3.22. The molecule has 0 aliphatic carbocycles. The van der Waals surface area contributed by atoms with Crippen molar-refractivity contribution in [3.63, 3.8) is 0 Å². The van der Waals surface area contributed by atoms with Crippen LogP contribution in [0.1, 0.15) is 12.6 Å². The lowest BCUT2D eigenvalue weighted by molar-refractivity contribution is 0.0985. The van der Waals surface area contributed by atoms with Gasteiger partial charge < -0.3 is 15.0 Å². The van der Waals surface area contributed by atoms with Crippen molar-refractivity contribution in [2.45, 2.75) is 18.7 Å². The molecular formula is C21H24FN7O4S. The second-order valence-corrected chi connectivity index (χ2v) is 10.1. The van der Waals surface area contributed by atoms with E-state index in [1.165, 1.54) is 28.9 Å². The summed E-state index contributed by atoms with van der Waals surface area (Å²) in [6, 6.07) is 8.03. The van der Waals surface area contributed by atoms with Crippen molar-refractivity contribution in [3.05, 3.63) is 54.1 Å². The molecule has 1 fully saturated rings. The van der Waals surface area contributed by atoms with Gasteiger partial charge in [0.25, 0.3) is 5.95 Å². The molecule has 0 radical (unpaired) electrons. The van der Waals surface area contributed by atoms with Crippen molar-refractivity contribution < 1.29 is 22.3 Å². The number of ether oxygens (including phenoxy) is 1. The Balaban J connectivity index is 1.56. The van der Waals surface area contributed by atoms with Gasteiger partial charge in [-0.2, -0.15) is 4.98 Å². The van der Waals surface area contributed by atoms with Gasteiger partial charge >= 0.3 is 6.03 Å². The Morgan fingerprint density at radius 1 is 1.21 bits per heavy atom. The molecule has 2 amide bonds. The smallest absolute Gasteiger partial charge is 0.324 e. The Kier molecular flexibility index (Phi) is 6.75. The minimum Gasteiger partial charge on any atom is -0.377 e. The SMILES string of the molecule is C[C@H]1COCCN1c1cc(CS(C)(=O)=O)nc(-n2ccc(NC(=O)Nc3ccc(F)cc3)n2)n1. The van der Waals surface area contributed by atoms with Crippen LogP contribution < -0.4 is 15.5 Å². The largest absolute Gasteiger partial charge is 0.377 e. The lowest BCUT2D eigenvalue weighted by Gasteiger charge is -2.34. The van der Waals surface area contributed by atoms with Gasteiger partial charge in [-0.1, -0.05) is 0 Å². The first kappa shape index (κ1) is 23.6. The molecule has 1 aliphatic rings. The minimum atomic E-state index is -3.33. The van der Waals surface area contributed by atoms with E-state index >= 15 is 0 Å². The second kappa shape index (κ2) is 9.73. The lowest BCUT2D eigenvalue weighted by Crippen LogP contribution is -2.44. The van der Waals surface area contributed by atoms with E-state index < -0.39 is 21.7 Å². The van der Waals surface area contributed by atoms with E-state index in [-0.39, 0.29) is 23.6 Å². The fourth-order valence-corrected chi connectivity index (χ4v) is 4.13. The number of hydrogen-bond donors (Lipinski definition) is 2. The van der Waals surface area contributed by atoms with Gasteiger partial charge in [0.1, 0.15) is 11.6 Å². The molecule has 1 aromatic carbocycles. The van der Waals surface area contributed by atoms with Gasteiger partial charge in [-0.25, -0.2) is 27.3 Å². The number of morpholine rings is 1. The van der Waals surface area contributed by atoms with Gasteiger partial charge in [-0.15, -0.1) is 5.10 Å². The fraction of sp³-hybridized carbons (Fsp3) is 0.333. The van der Waals surface area contributed by atoms with Crippen LogP contribution in [-0.4, -0.2) is 66.3 Å². The van der Waals surface area contributed by atoms with E-state index in [0.29, 0.717) is 37.0 Å². The fourth-order valence-electron chi connectivity index (χ4n) is 3.44. The van der Waals surface area contributed by atoms with Crippen LogP contribution >= 0.6 is 0 Å². The number of hydrogen-bond acceptors (Lipinski definition) is 8. The van der Waals surface area contributed by atoms with E-state index in [9.17, 15) is 17.6 Å². The van der Waals surface area contributed by atoms with Gasteiger partial charge in [0.2, 0.25) is 0 Å². The summed E-state index contributed by atoms with van der Waals surface area (Å²) in [7, 11) is -3.33. The highest BCUT2D eigenvalue weighted by Crippen LogP contribution is 2.21.